The van der Waals surface area contributed by atoms with Crippen LogP contribution in [0.2, 0.25) is 0 Å². The first kappa shape index (κ1) is 9.60. The molecule has 0 spiro atoms. The Morgan fingerprint density at radius 2 is 2.00 bits per heavy atom. The van der Waals surface area contributed by atoms with E-state index >= 15 is 0 Å². The summed E-state index contributed by atoms with van der Waals surface area (Å²) < 4.78 is 5.41. The van der Waals surface area contributed by atoms with Gasteiger partial charge in [-0.3, -0.25) is 4.79 Å². The molecule has 0 aliphatic carbocycles. The Bertz CT molecular complexity index is 251. The molecule has 3 aliphatic rings. The Morgan fingerprint density at radius 3 is 2.60 bits per heavy atom. The molecule has 15 heavy (non-hydrogen) atoms. The Hall–Kier alpha value is -0.610. The van der Waals surface area contributed by atoms with Crippen LogP contribution in [0.4, 0.5) is 0 Å². The molecule has 3 heterocycles. The van der Waals surface area contributed by atoms with E-state index in [4.69, 9.17) is 4.74 Å². The molecule has 0 radical (unpaired) electrons. The molecule has 1 amide bonds. The molecule has 3 saturated heterocycles. The third-order valence-corrected chi connectivity index (χ3v) is 3.91. The minimum Gasteiger partial charge on any atom is -0.381 e. The number of hydrogen-bond donors (Lipinski definition) is 1. The zero-order valence-electron chi connectivity index (χ0n) is 8.95. The largest absolute Gasteiger partial charge is 0.381 e. The van der Waals surface area contributed by atoms with Crippen molar-refractivity contribution in [1.29, 1.82) is 0 Å². The highest BCUT2D eigenvalue weighted by Gasteiger charge is 2.40. The van der Waals surface area contributed by atoms with Crippen LogP contribution < -0.4 is 5.32 Å². The van der Waals surface area contributed by atoms with Crippen molar-refractivity contribution in [3.05, 3.63) is 0 Å². The molecule has 0 saturated carbocycles. The summed E-state index contributed by atoms with van der Waals surface area (Å²) in [5, 5.41) is 3.28. The normalized spacial score (nSPS) is 39.7. The second-order valence-electron chi connectivity index (χ2n) is 4.95. The molecule has 1 N–H and O–H groups in total. The van der Waals surface area contributed by atoms with E-state index in [-0.39, 0.29) is 6.04 Å². The maximum atomic E-state index is 12.1. The SMILES string of the molecule is O=C([C@@H]1CCCN1)N1C[C@H]2COC[C@H]2C1. The van der Waals surface area contributed by atoms with Crippen LogP contribution in [-0.4, -0.2) is 49.7 Å². The molecule has 3 atom stereocenters. The lowest BCUT2D eigenvalue weighted by atomic mass is 10.0. The maximum absolute atomic E-state index is 12.1. The summed E-state index contributed by atoms with van der Waals surface area (Å²) >= 11 is 0. The number of amides is 1. The maximum Gasteiger partial charge on any atom is 0.239 e. The molecule has 0 aromatic rings. The molecule has 0 aromatic carbocycles. The van der Waals surface area contributed by atoms with Gasteiger partial charge in [-0.05, 0) is 19.4 Å². The van der Waals surface area contributed by atoms with Gasteiger partial charge in [-0.25, -0.2) is 0 Å². The zero-order valence-corrected chi connectivity index (χ0v) is 8.95. The van der Waals surface area contributed by atoms with Crippen LogP contribution in [0.3, 0.4) is 0 Å². The van der Waals surface area contributed by atoms with Crippen LogP contribution in [0.5, 0.6) is 0 Å². The van der Waals surface area contributed by atoms with Gasteiger partial charge in [-0.15, -0.1) is 0 Å². The molecular formula is C11H18N2O2. The van der Waals surface area contributed by atoms with Gasteiger partial charge in [0.1, 0.15) is 0 Å². The Balaban J connectivity index is 1.61. The van der Waals surface area contributed by atoms with E-state index in [0.29, 0.717) is 17.7 Å². The first-order valence-electron chi connectivity index (χ1n) is 5.94. The summed E-state index contributed by atoms with van der Waals surface area (Å²) in [6.07, 6.45) is 2.15. The predicted molar refractivity (Wildman–Crippen MR) is 55.4 cm³/mol. The van der Waals surface area contributed by atoms with Crippen molar-refractivity contribution < 1.29 is 9.53 Å². The number of carbonyl (C=O) groups is 1. The molecular weight excluding hydrogens is 192 g/mol. The highest BCUT2D eigenvalue weighted by Crippen LogP contribution is 2.29. The van der Waals surface area contributed by atoms with Gasteiger partial charge in [-0.2, -0.15) is 0 Å². The van der Waals surface area contributed by atoms with Gasteiger partial charge in [-0.1, -0.05) is 0 Å². The summed E-state index contributed by atoms with van der Waals surface area (Å²) in [5.74, 6) is 1.53. The first-order chi connectivity index (χ1) is 7.34. The van der Waals surface area contributed by atoms with Gasteiger partial charge in [0, 0.05) is 24.9 Å². The van der Waals surface area contributed by atoms with Crippen molar-refractivity contribution in [2.45, 2.75) is 18.9 Å². The van der Waals surface area contributed by atoms with Gasteiger partial charge in [0.15, 0.2) is 0 Å². The van der Waals surface area contributed by atoms with E-state index < -0.39 is 0 Å². The zero-order chi connectivity index (χ0) is 10.3. The van der Waals surface area contributed by atoms with Gasteiger partial charge >= 0.3 is 0 Å². The number of hydrogen-bond acceptors (Lipinski definition) is 3. The third kappa shape index (κ3) is 1.66. The Labute approximate surface area is 90.0 Å². The fraction of sp³-hybridized carbons (Fsp3) is 0.909. The van der Waals surface area contributed by atoms with E-state index in [1.54, 1.807) is 0 Å². The molecule has 0 unspecified atom stereocenters. The van der Waals surface area contributed by atoms with Crippen molar-refractivity contribution in [3.8, 4) is 0 Å². The second-order valence-corrected chi connectivity index (χ2v) is 4.95. The van der Waals surface area contributed by atoms with Crippen LogP contribution >= 0.6 is 0 Å². The molecule has 84 valence electrons. The standard InChI is InChI=1S/C11H18N2O2/c14-11(10-2-1-3-12-10)13-4-8-6-15-7-9(8)5-13/h8-10,12H,1-7H2/t8-,9+,10-/m0/s1. The first-order valence-corrected chi connectivity index (χ1v) is 5.94. The number of rotatable bonds is 1. The lowest BCUT2D eigenvalue weighted by Crippen LogP contribution is -2.43. The number of fused-ring (bicyclic) bond motifs is 1. The van der Waals surface area contributed by atoms with Crippen molar-refractivity contribution in [3.63, 3.8) is 0 Å². The predicted octanol–water partition coefficient (Wildman–Crippen LogP) is -0.157. The van der Waals surface area contributed by atoms with E-state index in [1.165, 1.54) is 0 Å². The van der Waals surface area contributed by atoms with Gasteiger partial charge < -0.3 is 15.0 Å². The van der Waals surface area contributed by atoms with Crippen molar-refractivity contribution in [2.75, 3.05) is 32.8 Å². The van der Waals surface area contributed by atoms with E-state index in [9.17, 15) is 4.79 Å². The van der Waals surface area contributed by atoms with E-state index in [2.05, 4.69) is 5.32 Å². The Morgan fingerprint density at radius 1 is 1.27 bits per heavy atom. The van der Waals surface area contributed by atoms with Gasteiger partial charge in [0.25, 0.3) is 0 Å². The number of carbonyl (C=O) groups excluding carboxylic acids is 1. The minimum atomic E-state index is 0.102. The van der Waals surface area contributed by atoms with Crippen LogP contribution in [0.15, 0.2) is 0 Å². The molecule has 4 heteroatoms. The van der Waals surface area contributed by atoms with Crippen LogP contribution in [0, 0.1) is 11.8 Å². The number of nitrogens with one attached hydrogen (secondary N) is 1. The molecule has 3 aliphatic heterocycles. The average Bonchev–Trinajstić information content (AvgIpc) is 2.92. The van der Waals surface area contributed by atoms with Crippen LogP contribution in [0.25, 0.3) is 0 Å². The fourth-order valence-electron chi connectivity index (χ4n) is 2.98. The quantitative estimate of drug-likeness (QED) is 0.654. The number of nitrogens with zero attached hydrogens (tertiary/aromatic N) is 1. The van der Waals surface area contributed by atoms with Crippen molar-refractivity contribution >= 4 is 5.91 Å². The summed E-state index contributed by atoms with van der Waals surface area (Å²) in [7, 11) is 0. The summed E-state index contributed by atoms with van der Waals surface area (Å²) in [4.78, 5) is 14.1. The topological polar surface area (TPSA) is 41.6 Å². The molecule has 0 bridgehead atoms. The van der Waals surface area contributed by atoms with Crippen molar-refractivity contribution in [2.24, 2.45) is 11.8 Å². The molecule has 3 rings (SSSR count). The molecule has 0 aromatic heterocycles. The average molecular weight is 210 g/mol. The minimum absolute atomic E-state index is 0.102. The summed E-state index contributed by atoms with van der Waals surface area (Å²) in [6, 6.07) is 0.102. The molecule has 3 fully saturated rings. The Kier molecular flexibility index (Phi) is 2.41. The van der Waals surface area contributed by atoms with Crippen LogP contribution in [0.1, 0.15) is 12.8 Å². The number of ether oxygens (including phenoxy) is 1. The van der Waals surface area contributed by atoms with Gasteiger partial charge in [0.05, 0.1) is 19.3 Å². The monoisotopic (exact) mass is 210 g/mol. The van der Waals surface area contributed by atoms with E-state index in [1.807, 2.05) is 4.90 Å². The molecule has 4 nitrogen and oxygen atoms in total. The highest BCUT2D eigenvalue weighted by molar-refractivity contribution is 5.82. The highest BCUT2D eigenvalue weighted by atomic mass is 16.5. The third-order valence-electron chi connectivity index (χ3n) is 3.91. The van der Waals surface area contributed by atoms with Crippen LogP contribution in [-0.2, 0) is 9.53 Å². The summed E-state index contributed by atoms with van der Waals surface area (Å²) in [5.41, 5.74) is 0. The lowest BCUT2D eigenvalue weighted by Gasteiger charge is -2.21. The van der Waals surface area contributed by atoms with Gasteiger partial charge in [0.2, 0.25) is 5.91 Å². The summed E-state index contributed by atoms with van der Waals surface area (Å²) in [6.45, 7) is 4.54. The lowest BCUT2D eigenvalue weighted by molar-refractivity contribution is -0.132. The second kappa shape index (κ2) is 3.76. The smallest absolute Gasteiger partial charge is 0.239 e. The fourth-order valence-corrected chi connectivity index (χ4v) is 2.98. The van der Waals surface area contributed by atoms with Crippen molar-refractivity contribution in [1.82, 2.24) is 10.2 Å². The van der Waals surface area contributed by atoms with E-state index in [0.717, 1.165) is 45.7 Å². The number of likely N-dealkylation sites (tertiary alicyclic amines) is 1.